The summed E-state index contributed by atoms with van der Waals surface area (Å²) in [5.74, 6) is 0.109. The van der Waals surface area contributed by atoms with Crippen molar-refractivity contribution in [2.24, 2.45) is 0 Å². The smallest absolute Gasteiger partial charge is 0.336 e. The maximum absolute atomic E-state index is 11.7. The van der Waals surface area contributed by atoms with Crippen LogP contribution in [0.1, 0.15) is 16.1 Å². The Morgan fingerprint density at radius 3 is 2.75 bits per heavy atom. The van der Waals surface area contributed by atoms with E-state index in [2.05, 4.69) is 31.9 Å². The molecule has 20 heavy (non-hydrogen) atoms. The number of benzene rings is 1. The molecule has 0 aliphatic carbocycles. The van der Waals surface area contributed by atoms with Crippen LogP contribution in [0.5, 0.6) is 5.75 Å². The molecule has 0 saturated carbocycles. The molecule has 0 spiro atoms. The highest BCUT2D eigenvalue weighted by Gasteiger charge is 2.12. The summed E-state index contributed by atoms with van der Waals surface area (Å²) in [6.45, 7) is 0. The first-order valence-corrected chi connectivity index (χ1v) is 7.06. The molecule has 0 atom stereocenters. The molecule has 0 saturated heterocycles. The number of rotatable bonds is 4. The van der Waals surface area contributed by atoms with Crippen molar-refractivity contribution >= 4 is 50.2 Å². The summed E-state index contributed by atoms with van der Waals surface area (Å²) < 4.78 is 11.4. The van der Waals surface area contributed by atoms with Gasteiger partial charge in [0.15, 0.2) is 12.0 Å². The van der Waals surface area contributed by atoms with Crippen molar-refractivity contribution in [2.75, 3.05) is 0 Å². The first kappa shape index (κ1) is 14.7. The molecule has 0 aliphatic heterocycles. The number of furan rings is 1. The minimum atomic E-state index is -0.604. The second-order valence-corrected chi connectivity index (χ2v) is 5.46. The number of aldehydes is 1. The molecule has 1 aromatic carbocycles. The number of hydrogen-bond acceptors (Lipinski definition) is 4. The molecule has 2 aromatic rings. The molecule has 0 aliphatic rings. The molecule has 1 heterocycles. The zero-order valence-corrected chi connectivity index (χ0v) is 13.2. The van der Waals surface area contributed by atoms with Crippen LogP contribution in [0.2, 0.25) is 0 Å². The maximum atomic E-state index is 11.7. The average molecular weight is 400 g/mol. The lowest BCUT2D eigenvalue weighted by atomic mass is 10.2. The minimum absolute atomic E-state index is 0.178. The molecule has 0 bridgehead atoms. The highest BCUT2D eigenvalue weighted by Crippen LogP contribution is 2.32. The van der Waals surface area contributed by atoms with Gasteiger partial charge in [-0.3, -0.25) is 4.79 Å². The predicted molar refractivity (Wildman–Crippen MR) is 80.6 cm³/mol. The summed E-state index contributed by atoms with van der Waals surface area (Å²) in [4.78, 5) is 22.7. The van der Waals surface area contributed by atoms with E-state index in [0.717, 1.165) is 0 Å². The van der Waals surface area contributed by atoms with Crippen molar-refractivity contribution in [3.05, 3.63) is 56.9 Å². The number of halogens is 2. The Hall–Kier alpha value is -1.66. The standard InChI is InChI=1S/C14H8Br2O4/c15-10-6-9(8-17)14(12(16)7-10)20-13(18)4-3-11-2-1-5-19-11/h1-8H. The van der Waals surface area contributed by atoms with E-state index in [1.165, 1.54) is 18.4 Å². The molecule has 2 rings (SSSR count). The summed E-state index contributed by atoms with van der Waals surface area (Å²) in [6, 6.07) is 6.67. The van der Waals surface area contributed by atoms with Gasteiger partial charge in [0.05, 0.1) is 16.3 Å². The van der Waals surface area contributed by atoms with Gasteiger partial charge in [0.1, 0.15) is 5.76 Å². The topological polar surface area (TPSA) is 56.5 Å². The molecular weight excluding hydrogens is 392 g/mol. The number of esters is 1. The third-order valence-corrected chi connectivity index (χ3v) is 3.34. The van der Waals surface area contributed by atoms with Crippen LogP contribution in [0.25, 0.3) is 6.08 Å². The van der Waals surface area contributed by atoms with Gasteiger partial charge in [-0.05, 0) is 46.3 Å². The molecule has 6 heteroatoms. The zero-order chi connectivity index (χ0) is 14.5. The Morgan fingerprint density at radius 2 is 2.10 bits per heavy atom. The Morgan fingerprint density at radius 1 is 1.30 bits per heavy atom. The van der Waals surface area contributed by atoms with Gasteiger partial charge in [-0.25, -0.2) is 4.79 Å². The van der Waals surface area contributed by atoms with Crippen LogP contribution >= 0.6 is 31.9 Å². The van der Waals surface area contributed by atoms with E-state index < -0.39 is 5.97 Å². The van der Waals surface area contributed by atoms with Gasteiger partial charge >= 0.3 is 5.97 Å². The highest BCUT2D eigenvalue weighted by atomic mass is 79.9. The minimum Gasteiger partial charge on any atom is -0.465 e. The van der Waals surface area contributed by atoms with Gasteiger partial charge in [0.2, 0.25) is 0 Å². The molecule has 0 radical (unpaired) electrons. The molecule has 0 fully saturated rings. The van der Waals surface area contributed by atoms with Crippen molar-refractivity contribution in [3.8, 4) is 5.75 Å². The van der Waals surface area contributed by atoms with E-state index in [1.54, 1.807) is 24.3 Å². The van der Waals surface area contributed by atoms with Gasteiger partial charge in [-0.15, -0.1) is 0 Å². The van der Waals surface area contributed by atoms with Gasteiger partial charge in [0.25, 0.3) is 0 Å². The lowest BCUT2D eigenvalue weighted by Gasteiger charge is -2.07. The first-order valence-electron chi connectivity index (χ1n) is 5.48. The number of carbonyl (C=O) groups is 2. The van der Waals surface area contributed by atoms with E-state index in [9.17, 15) is 9.59 Å². The monoisotopic (exact) mass is 398 g/mol. The van der Waals surface area contributed by atoms with Crippen molar-refractivity contribution in [1.29, 1.82) is 0 Å². The predicted octanol–water partition coefficient (Wildman–Crippen LogP) is 4.24. The third-order valence-electron chi connectivity index (χ3n) is 2.29. The van der Waals surface area contributed by atoms with Crippen LogP contribution in [0, 0.1) is 0 Å². The summed E-state index contributed by atoms with van der Waals surface area (Å²) in [5.41, 5.74) is 0.269. The van der Waals surface area contributed by atoms with E-state index in [1.807, 2.05) is 0 Å². The van der Waals surface area contributed by atoms with Gasteiger partial charge in [0, 0.05) is 10.5 Å². The second-order valence-electron chi connectivity index (χ2n) is 3.69. The first-order chi connectivity index (χ1) is 9.60. The lowest BCUT2D eigenvalue weighted by Crippen LogP contribution is -2.06. The molecule has 0 unspecified atom stereocenters. The summed E-state index contributed by atoms with van der Waals surface area (Å²) >= 11 is 6.50. The SMILES string of the molecule is O=Cc1cc(Br)cc(Br)c1OC(=O)C=Cc1ccco1. The molecule has 102 valence electrons. The van der Waals surface area contributed by atoms with Crippen molar-refractivity contribution in [2.45, 2.75) is 0 Å². The number of hydrogen-bond donors (Lipinski definition) is 0. The van der Waals surface area contributed by atoms with Crippen molar-refractivity contribution in [3.63, 3.8) is 0 Å². The van der Waals surface area contributed by atoms with Crippen LogP contribution in [-0.4, -0.2) is 12.3 Å². The van der Waals surface area contributed by atoms with Crippen LogP contribution in [0.3, 0.4) is 0 Å². The fourth-order valence-electron chi connectivity index (χ4n) is 1.45. The van der Waals surface area contributed by atoms with E-state index in [0.29, 0.717) is 21.0 Å². The number of carbonyl (C=O) groups excluding carboxylic acids is 2. The highest BCUT2D eigenvalue weighted by molar-refractivity contribution is 9.11. The lowest BCUT2D eigenvalue weighted by molar-refractivity contribution is -0.128. The zero-order valence-electron chi connectivity index (χ0n) is 10.0. The number of ether oxygens (including phenoxy) is 1. The Labute approximate surface area is 131 Å². The van der Waals surface area contributed by atoms with E-state index in [4.69, 9.17) is 9.15 Å². The van der Waals surface area contributed by atoms with Crippen molar-refractivity contribution in [1.82, 2.24) is 0 Å². The van der Waals surface area contributed by atoms with Crippen LogP contribution < -0.4 is 4.74 Å². The Bertz CT molecular complexity index is 660. The average Bonchev–Trinajstić information content (AvgIpc) is 2.92. The second kappa shape index (κ2) is 6.67. The van der Waals surface area contributed by atoms with Crippen LogP contribution in [0.4, 0.5) is 0 Å². The Balaban J connectivity index is 2.17. The van der Waals surface area contributed by atoms with Gasteiger partial charge < -0.3 is 9.15 Å². The third kappa shape index (κ3) is 3.68. The van der Waals surface area contributed by atoms with E-state index >= 15 is 0 Å². The summed E-state index contributed by atoms with van der Waals surface area (Å²) in [5, 5.41) is 0. The fraction of sp³-hybridized carbons (Fsp3) is 0. The van der Waals surface area contributed by atoms with Crippen molar-refractivity contribution < 1.29 is 18.7 Å². The fourth-order valence-corrected chi connectivity index (χ4v) is 2.79. The molecule has 0 amide bonds. The molecule has 1 aromatic heterocycles. The summed E-state index contributed by atoms with van der Waals surface area (Å²) in [6.07, 6.45) is 4.83. The maximum Gasteiger partial charge on any atom is 0.336 e. The van der Waals surface area contributed by atoms with Gasteiger partial charge in [-0.1, -0.05) is 15.9 Å². The Kier molecular flexibility index (Phi) is 4.92. The van der Waals surface area contributed by atoms with Gasteiger partial charge in [-0.2, -0.15) is 0 Å². The summed E-state index contributed by atoms with van der Waals surface area (Å²) in [7, 11) is 0. The molecule has 4 nitrogen and oxygen atoms in total. The largest absolute Gasteiger partial charge is 0.465 e. The quantitative estimate of drug-likeness (QED) is 0.334. The normalized spacial score (nSPS) is 10.7. The van der Waals surface area contributed by atoms with Crippen LogP contribution in [0.15, 0.2) is 50.0 Å². The van der Waals surface area contributed by atoms with E-state index in [-0.39, 0.29) is 11.3 Å². The van der Waals surface area contributed by atoms with Crippen LogP contribution in [-0.2, 0) is 4.79 Å². The molecule has 0 N–H and O–H groups in total. The molecular formula is C14H8Br2O4.